The minimum Gasteiger partial charge on any atom is -0.497 e. The quantitative estimate of drug-likeness (QED) is 0.575. The van der Waals surface area contributed by atoms with E-state index in [4.69, 9.17) is 4.74 Å². The molecule has 0 radical (unpaired) electrons. The number of azo groups is 1. The van der Waals surface area contributed by atoms with E-state index < -0.39 is 0 Å². The van der Waals surface area contributed by atoms with E-state index in [2.05, 4.69) is 10.2 Å². The summed E-state index contributed by atoms with van der Waals surface area (Å²) >= 11 is 0. The third-order valence-corrected chi connectivity index (χ3v) is 2.61. The zero-order valence-corrected chi connectivity index (χ0v) is 10.2. The molecule has 1 aliphatic heterocycles. The third kappa shape index (κ3) is 2.55. The van der Waals surface area contributed by atoms with Crippen LogP contribution in [-0.4, -0.2) is 49.1 Å². The van der Waals surface area contributed by atoms with Crippen molar-refractivity contribution >= 4 is 18.1 Å². The average Bonchev–Trinajstić information content (AvgIpc) is 2.67. The van der Waals surface area contributed by atoms with E-state index in [0.717, 1.165) is 11.4 Å². The van der Waals surface area contributed by atoms with Gasteiger partial charge in [-0.25, -0.2) is 0 Å². The molecule has 17 heavy (non-hydrogen) atoms. The molecule has 0 aromatic heterocycles. The summed E-state index contributed by atoms with van der Waals surface area (Å²) < 4.78 is 9.07. The molecule has 0 bridgehead atoms. The van der Waals surface area contributed by atoms with Gasteiger partial charge in [0.05, 0.1) is 12.8 Å². The summed E-state index contributed by atoms with van der Waals surface area (Å²) in [7, 11) is 5.58. The molecule has 1 aliphatic rings. The van der Waals surface area contributed by atoms with Crippen LogP contribution in [0.1, 0.15) is 0 Å². The van der Waals surface area contributed by atoms with Gasteiger partial charge in [-0.15, -0.1) is 14.3 Å². The predicted molar refractivity (Wildman–Crippen MR) is 65.8 cm³/mol. The minimum absolute atomic E-state index is 0.0582. The molecule has 0 amide bonds. The zero-order chi connectivity index (χ0) is 12.3. The standard InChI is InChI=1S/C12H16N4O/c1-15-8-9-16(2)12(15)14-13-10-4-6-11(17-3)7-5-10/h4-9,12H,1-3H3/q+2. The Hall–Kier alpha value is -2.04. The molecule has 2 rings (SSSR count). The lowest BCUT2D eigenvalue weighted by Gasteiger charge is -1.99. The Balaban J connectivity index is 2.10. The van der Waals surface area contributed by atoms with Crippen molar-refractivity contribution in [2.45, 2.75) is 6.29 Å². The number of rotatable bonds is 3. The van der Waals surface area contributed by atoms with Crippen LogP contribution in [0.5, 0.6) is 5.75 Å². The summed E-state index contributed by atoms with van der Waals surface area (Å²) in [5, 5.41) is 8.50. The molecule has 0 unspecified atom stereocenters. The smallest absolute Gasteiger partial charge is 0.464 e. The molecule has 0 aliphatic carbocycles. The van der Waals surface area contributed by atoms with Crippen LogP contribution in [0.2, 0.25) is 0 Å². The van der Waals surface area contributed by atoms with Crippen LogP contribution in [0.25, 0.3) is 0 Å². The van der Waals surface area contributed by atoms with Crippen molar-refractivity contribution in [1.82, 2.24) is 0 Å². The predicted octanol–water partition coefficient (Wildman–Crippen LogP) is 1.50. The lowest BCUT2D eigenvalue weighted by molar-refractivity contribution is -0.737. The Morgan fingerprint density at radius 2 is 1.65 bits per heavy atom. The Morgan fingerprint density at radius 1 is 1.06 bits per heavy atom. The average molecular weight is 232 g/mol. The van der Waals surface area contributed by atoms with Crippen LogP contribution in [0.3, 0.4) is 0 Å². The van der Waals surface area contributed by atoms with Gasteiger partial charge >= 0.3 is 6.29 Å². The fourth-order valence-corrected chi connectivity index (χ4v) is 1.58. The first kappa shape index (κ1) is 11.4. The molecular weight excluding hydrogens is 216 g/mol. The fourth-order valence-electron chi connectivity index (χ4n) is 1.58. The number of methoxy groups -OCH3 is 1. The summed E-state index contributed by atoms with van der Waals surface area (Å²) in [6.07, 6.45) is 3.88. The fraction of sp³-hybridized carbons (Fsp3) is 0.333. The first-order valence-corrected chi connectivity index (χ1v) is 5.38. The van der Waals surface area contributed by atoms with Gasteiger partial charge in [-0.3, -0.25) is 0 Å². The highest BCUT2D eigenvalue weighted by Gasteiger charge is 2.29. The summed E-state index contributed by atoms with van der Waals surface area (Å²) in [5.74, 6) is 0.820. The maximum atomic E-state index is 5.08. The van der Waals surface area contributed by atoms with Crippen LogP contribution in [0.4, 0.5) is 5.69 Å². The third-order valence-electron chi connectivity index (χ3n) is 2.61. The van der Waals surface area contributed by atoms with E-state index in [1.807, 2.05) is 59.9 Å². The SMILES string of the molecule is COc1ccc(N=NC2[N+](C)=CC=[N+]2C)cc1. The van der Waals surface area contributed by atoms with Crippen LogP contribution in [0, 0.1) is 0 Å². The van der Waals surface area contributed by atoms with Gasteiger partial charge < -0.3 is 4.74 Å². The number of ether oxygens (including phenoxy) is 1. The first-order chi connectivity index (χ1) is 8.20. The highest BCUT2D eigenvalue weighted by atomic mass is 16.5. The molecule has 0 N–H and O–H groups in total. The first-order valence-electron chi connectivity index (χ1n) is 5.38. The molecule has 5 heteroatoms. The van der Waals surface area contributed by atoms with Crippen LogP contribution >= 0.6 is 0 Å². The second-order valence-corrected chi connectivity index (χ2v) is 3.89. The van der Waals surface area contributed by atoms with E-state index >= 15 is 0 Å². The van der Waals surface area contributed by atoms with Crippen molar-refractivity contribution in [3.05, 3.63) is 24.3 Å². The highest BCUT2D eigenvalue weighted by Crippen LogP contribution is 2.18. The second kappa shape index (κ2) is 4.86. The normalized spacial score (nSPS) is 16.2. The van der Waals surface area contributed by atoms with Gasteiger partial charge in [0.1, 0.15) is 19.8 Å². The van der Waals surface area contributed by atoms with E-state index in [0.29, 0.717) is 0 Å². The Morgan fingerprint density at radius 3 is 2.18 bits per heavy atom. The van der Waals surface area contributed by atoms with E-state index in [-0.39, 0.29) is 6.29 Å². The monoisotopic (exact) mass is 232 g/mol. The van der Waals surface area contributed by atoms with E-state index in [9.17, 15) is 0 Å². The van der Waals surface area contributed by atoms with Gasteiger partial charge in [0, 0.05) is 0 Å². The highest BCUT2D eigenvalue weighted by molar-refractivity contribution is 6.11. The Bertz CT molecular complexity index is 470. The van der Waals surface area contributed by atoms with Crippen LogP contribution in [0.15, 0.2) is 34.5 Å². The molecule has 1 aromatic carbocycles. The topological polar surface area (TPSA) is 40.0 Å². The number of hydrogen-bond donors (Lipinski definition) is 0. The lowest BCUT2D eigenvalue weighted by atomic mass is 10.3. The molecule has 0 fully saturated rings. The summed E-state index contributed by atoms with van der Waals surface area (Å²) in [6.45, 7) is 0. The van der Waals surface area contributed by atoms with Crippen molar-refractivity contribution in [2.24, 2.45) is 10.2 Å². The minimum atomic E-state index is -0.0582. The van der Waals surface area contributed by atoms with Gasteiger partial charge in [-0.1, -0.05) is 0 Å². The number of benzene rings is 1. The van der Waals surface area contributed by atoms with Crippen molar-refractivity contribution in [3.8, 4) is 5.75 Å². The Labute approximate surface area is 100 Å². The van der Waals surface area contributed by atoms with Gasteiger partial charge in [0.15, 0.2) is 0 Å². The largest absolute Gasteiger partial charge is 0.497 e. The molecule has 5 nitrogen and oxygen atoms in total. The maximum Gasteiger partial charge on any atom is 0.464 e. The Kier molecular flexibility index (Phi) is 3.27. The maximum absolute atomic E-state index is 5.08. The number of nitrogens with zero attached hydrogens (tertiary/aromatic N) is 4. The molecule has 0 atom stereocenters. The van der Waals surface area contributed by atoms with E-state index in [1.165, 1.54) is 0 Å². The van der Waals surface area contributed by atoms with Crippen LogP contribution in [-0.2, 0) is 0 Å². The summed E-state index contributed by atoms with van der Waals surface area (Å²) in [6, 6.07) is 7.50. The second-order valence-electron chi connectivity index (χ2n) is 3.89. The zero-order valence-electron chi connectivity index (χ0n) is 10.2. The molecule has 0 saturated carbocycles. The van der Waals surface area contributed by atoms with Crippen molar-refractivity contribution < 1.29 is 13.9 Å². The summed E-state index contributed by atoms with van der Waals surface area (Å²) in [4.78, 5) is 0. The van der Waals surface area contributed by atoms with Crippen molar-refractivity contribution in [3.63, 3.8) is 0 Å². The lowest BCUT2D eigenvalue weighted by Crippen LogP contribution is -2.25. The van der Waals surface area contributed by atoms with Gasteiger partial charge in [-0.05, 0) is 29.4 Å². The molecule has 0 spiro atoms. The van der Waals surface area contributed by atoms with Gasteiger partial charge in [0.2, 0.25) is 12.4 Å². The molecule has 1 heterocycles. The molecule has 1 aromatic rings. The number of hydrogen-bond acceptors (Lipinski definition) is 3. The molecule has 88 valence electrons. The van der Waals surface area contributed by atoms with Crippen molar-refractivity contribution in [2.75, 3.05) is 21.2 Å². The van der Waals surface area contributed by atoms with Crippen molar-refractivity contribution in [1.29, 1.82) is 0 Å². The molecular formula is C12H16N4O+2. The van der Waals surface area contributed by atoms with Gasteiger partial charge in [0.25, 0.3) is 0 Å². The van der Waals surface area contributed by atoms with E-state index in [1.54, 1.807) is 7.11 Å². The van der Waals surface area contributed by atoms with Crippen LogP contribution < -0.4 is 4.74 Å². The van der Waals surface area contributed by atoms with Gasteiger partial charge in [-0.2, -0.15) is 0 Å². The summed E-state index contributed by atoms with van der Waals surface area (Å²) in [5.41, 5.74) is 0.819. The molecule has 0 saturated heterocycles.